The highest BCUT2D eigenvalue weighted by Crippen LogP contribution is 2.35. The third-order valence-electron chi connectivity index (χ3n) is 5.15. The largest absolute Gasteiger partial charge is 0.369 e. The number of aryl methyl sites for hydroxylation is 1. The standard InChI is InChI=1S/C22H26ClN7S/c1-14-18(6-7-20(27-14)24-8-9-29(2)3)25-13-30-22-15(12-26-30)10-21(31)28-19-11-16(23)4-5-17(19)22/h4-7,11-12,25H,8-10,13H2,1-3H3,(H,24,27)(H,28,31). The monoisotopic (exact) mass is 455 g/mol. The van der Waals surface area contributed by atoms with E-state index in [1.54, 1.807) is 0 Å². The topological polar surface area (TPSA) is 70.0 Å². The lowest BCUT2D eigenvalue weighted by atomic mass is 10.1. The summed E-state index contributed by atoms with van der Waals surface area (Å²) < 4.78 is 1.96. The third-order valence-corrected chi connectivity index (χ3v) is 5.63. The molecule has 0 aliphatic carbocycles. The maximum absolute atomic E-state index is 6.20. The molecule has 31 heavy (non-hydrogen) atoms. The molecule has 7 nitrogen and oxygen atoms in total. The number of nitrogens with one attached hydrogen (secondary N) is 3. The molecule has 4 rings (SSSR count). The lowest BCUT2D eigenvalue weighted by Crippen LogP contribution is -2.21. The fourth-order valence-electron chi connectivity index (χ4n) is 3.59. The molecule has 3 heterocycles. The Hall–Kier alpha value is -2.68. The van der Waals surface area contributed by atoms with E-state index in [1.807, 2.05) is 48.1 Å². The van der Waals surface area contributed by atoms with Gasteiger partial charge in [-0.15, -0.1) is 0 Å². The normalized spacial score (nSPS) is 12.7. The number of rotatable bonds is 7. The lowest BCUT2D eigenvalue weighted by Gasteiger charge is -2.15. The first-order chi connectivity index (χ1) is 14.9. The quantitative estimate of drug-likeness (QED) is 0.460. The van der Waals surface area contributed by atoms with Gasteiger partial charge in [-0.1, -0.05) is 23.8 Å². The highest BCUT2D eigenvalue weighted by molar-refractivity contribution is 7.80. The second-order valence-corrected chi connectivity index (χ2v) is 8.76. The number of fused-ring (bicyclic) bond motifs is 3. The van der Waals surface area contributed by atoms with E-state index in [4.69, 9.17) is 23.8 Å². The number of pyridine rings is 1. The zero-order valence-electron chi connectivity index (χ0n) is 17.9. The van der Waals surface area contributed by atoms with E-state index in [0.29, 0.717) is 18.1 Å². The average Bonchev–Trinajstić information content (AvgIpc) is 3.03. The number of nitrogens with zero attached hydrogens (tertiary/aromatic N) is 4. The molecule has 0 saturated heterocycles. The van der Waals surface area contributed by atoms with Crippen molar-refractivity contribution in [2.45, 2.75) is 20.0 Å². The van der Waals surface area contributed by atoms with Gasteiger partial charge in [0.05, 0.1) is 28.3 Å². The Morgan fingerprint density at radius 3 is 2.84 bits per heavy atom. The second kappa shape index (κ2) is 9.21. The van der Waals surface area contributed by atoms with Crippen LogP contribution in [0.5, 0.6) is 0 Å². The summed E-state index contributed by atoms with van der Waals surface area (Å²) in [6.45, 7) is 4.32. The van der Waals surface area contributed by atoms with Crippen LogP contribution in [0.4, 0.5) is 17.2 Å². The smallest absolute Gasteiger partial charge is 0.126 e. The number of aromatic nitrogens is 3. The Balaban J connectivity index is 1.52. The van der Waals surface area contributed by atoms with Gasteiger partial charge in [0, 0.05) is 41.3 Å². The zero-order valence-corrected chi connectivity index (χ0v) is 19.4. The van der Waals surface area contributed by atoms with Crippen LogP contribution in [0, 0.1) is 6.92 Å². The van der Waals surface area contributed by atoms with Gasteiger partial charge in [0.1, 0.15) is 12.5 Å². The van der Waals surface area contributed by atoms with Crippen LogP contribution < -0.4 is 16.0 Å². The Morgan fingerprint density at radius 1 is 1.23 bits per heavy atom. The van der Waals surface area contributed by atoms with Crippen LogP contribution in [0.15, 0.2) is 36.5 Å². The van der Waals surface area contributed by atoms with E-state index in [-0.39, 0.29) is 0 Å². The third kappa shape index (κ3) is 4.98. The van der Waals surface area contributed by atoms with Crippen molar-refractivity contribution in [1.29, 1.82) is 0 Å². The number of anilines is 3. The first kappa shape index (κ1) is 21.5. The molecule has 0 radical (unpaired) electrons. The predicted octanol–water partition coefficient (Wildman–Crippen LogP) is 4.25. The molecule has 0 spiro atoms. The number of hydrogen-bond donors (Lipinski definition) is 3. The molecule has 9 heteroatoms. The molecule has 1 aliphatic rings. The van der Waals surface area contributed by atoms with Gasteiger partial charge < -0.3 is 20.9 Å². The van der Waals surface area contributed by atoms with Gasteiger partial charge in [-0.2, -0.15) is 5.10 Å². The van der Waals surface area contributed by atoms with Crippen molar-refractivity contribution in [3.63, 3.8) is 0 Å². The van der Waals surface area contributed by atoms with E-state index in [0.717, 1.165) is 57.8 Å². The molecule has 0 bridgehead atoms. The van der Waals surface area contributed by atoms with Gasteiger partial charge in [0.25, 0.3) is 0 Å². The first-order valence-electron chi connectivity index (χ1n) is 10.2. The first-order valence-corrected chi connectivity index (χ1v) is 10.9. The Morgan fingerprint density at radius 2 is 2.06 bits per heavy atom. The van der Waals surface area contributed by atoms with Crippen molar-refractivity contribution in [2.75, 3.05) is 43.1 Å². The molecule has 162 valence electrons. The van der Waals surface area contributed by atoms with E-state index in [2.05, 4.69) is 45.0 Å². The fraction of sp³-hybridized carbons (Fsp3) is 0.318. The van der Waals surface area contributed by atoms with Crippen molar-refractivity contribution in [1.82, 2.24) is 19.7 Å². The van der Waals surface area contributed by atoms with Gasteiger partial charge in [0.15, 0.2) is 0 Å². The van der Waals surface area contributed by atoms with Crippen LogP contribution in [0.2, 0.25) is 5.02 Å². The summed E-state index contributed by atoms with van der Waals surface area (Å²) >= 11 is 11.7. The molecular formula is C22H26ClN7S. The Bertz CT molecular complexity index is 1110. The van der Waals surface area contributed by atoms with Crippen LogP contribution in [-0.4, -0.2) is 51.8 Å². The summed E-state index contributed by atoms with van der Waals surface area (Å²) in [5, 5.41) is 15.4. The summed E-state index contributed by atoms with van der Waals surface area (Å²) in [5.41, 5.74) is 5.98. The van der Waals surface area contributed by atoms with Crippen LogP contribution in [0.25, 0.3) is 11.3 Å². The molecule has 1 aromatic carbocycles. The minimum absolute atomic E-state index is 0.514. The number of halogens is 1. The minimum Gasteiger partial charge on any atom is -0.369 e. The Kier molecular flexibility index (Phi) is 6.41. The molecule has 2 aromatic heterocycles. The number of likely N-dealkylation sites (N-methyl/N-ethyl adjacent to an activating group) is 1. The van der Waals surface area contributed by atoms with E-state index < -0.39 is 0 Å². The van der Waals surface area contributed by atoms with Crippen molar-refractivity contribution in [3.8, 4) is 11.3 Å². The van der Waals surface area contributed by atoms with E-state index in [9.17, 15) is 0 Å². The average molecular weight is 456 g/mol. The van der Waals surface area contributed by atoms with Crippen molar-refractivity contribution in [3.05, 3.63) is 52.8 Å². The number of thiocarbonyl (C=S) groups is 1. The minimum atomic E-state index is 0.514. The van der Waals surface area contributed by atoms with Gasteiger partial charge in [0.2, 0.25) is 0 Å². The highest BCUT2D eigenvalue weighted by Gasteiger charge is 2.21. The molecule has 0 atom stereocenters. The molecule has 0 unspecified atom stereocenters. The SMILES string of the molecule is Cc1nc(NCCN(C)C)ccc1NCn1ncc2c1-c1ccc(Cl)cc1NC(=S)C2. The molecule has 3 aromatic rings. The van der Waals surface area contributed by atoms with E-state index in [1.165, 1.54) is 0 Å². The maximum Gasteiger partial charge on any atom is 0.126 e. The van der Waals surface area contributed by atoms with Crippen molar-refractivity contribution in [2.24, 2.45) is 0 Å². The Labute approximate surface area is 192 Å². The molecule has 0 fully saturated rings. The van der Waals surface area contributed by atoms with Crippen LogP contribution in [0.3, 0.4) is 0 Å². The van der Waals surface area contributed by atoms with Gasteiger partial charge in [-0.3, -0.25) is 0 Å². The lowest BCUT2D eigenvalue weighted by molar-refractivity contribution is 0.425. The molecule has 3 N–H and O–H groups in total. The summed E-state index contributed by atoms with van der Waals surface area (Å²) in [5.74, 6) is 0.878. The second-order valence-electron chi connectivity index (χ2n) is 7.83. The summed E-state index contributed by atoms with van der Waals surface area (Å²) in [4.78, 5) is 7.56. The van der Waals surface area contributed by atoms with Gasteiger partial charge in [-0.05, 0) is 51.4 Å². The van der Waals surface area contributed by atoms with Gasteiger partial charge in [-0.25, -0.2) is 9.67 Å². The van der Waals surface area contributed by atoms with Crippen molar-refractivity contribution >= 4 is 46.0 Å². The predicted molar refractivity (Wildman–Crippen MR) is 132 cm³/mol. The highest BCUT2D eigenvalue weighted by atomic mass is 35.5. The molecule has 0 saturated carbocycles. The van der Waals surface area contributed by atoms with Gasteiger partial charge >= 0.3 is 0 Å². The number of hydrogen-bond acceptors (Lipinski definition) is 6. The fourth-order valence-corrected chi connectivity index (χ4v) is 4.03. The van der Waals surface area contributed by atoms with Crippen LogP contribution in [-0.2, 0) is 13.1 Å². The molecule has 1 aliphatic heterocycles. The number of benzene rings is 1. The summed E-state index contributed by atoms with van der Waals surface area (Å²) in [7, 11) is 4.11. The maximum atomic E-state index is 6.20. The zero-order chi connectivity index (χ0) is 22.0. The molecule has 0 amide bonds. The summed E-state index contributed by atoms with van der Waals surface area (Å²) in [6.07, 6.45) is 2.53. The summed E-state index contributed by atoms with van der Waals surface area (Å²) in [6, 6.07) is 9.85. The van der Waals surface area contributed by atoms with Crippen LogP contribution in [0.1, 0.15) is 11.3 Å². The van der Waals surface area contributed by atoms with Crippen molar-refractivity contribution < 1.29 is 0 Å². The van der Waals surface area contributed by atoms with E-state index >= 15 is 0 Å². The van der Waals surface area contributed by atoms with Crippen LogP contribution >= 0.6 is 23.8 Å². The molecular weight excluding hydrogens is 430 g/mol.